The minimum Gasteiger partial charge on any atom is -0.494 e. The molecule has 6 aromatic rings. The molecule has 0 unspecified atom stereocenters. The van der Waals surface area contributed by atoms with Crippen LogP contribution in [0.3, 0.4) is 0 Å². The van der Waals surface area contributed by atoms with Gasteiger partial charge in [0, 0.05) is 54.4 Å². The molecule has 2 saturated heterocycles. The van der Waals surface area contributed by atoms with Crippen LogP contribution in [0, 0.1) is 13.8 Å². The van der Waals surface area contributed by atoms with Gasteiger partial charge in [-0.2, -0.15) is 0 Å². The maximum Gasteiger partial charge on any atom is 0.319 e. The number of urea groups is 2. The van der Waals surface area contributed by atoms with Crippen molar-refractivity contribution in [3.63, 3.8) is 0 Å². The van der Waals surface area contributed by atoms with Gasteiger partial charge >= 0.3 is 12.1 Å². The van der Waals surface area contributed by atoms with Crippen LogP contribution in [-0.4, -0.2) is 194 Å². The highest BCUT2D eigenvalue weighted by molar-refractivity contribution is 7.91. The summed E-state index contributed by atoms with van der Waals surface area (Å²) in [6.45, 7) is 3.64. The smallest absolute Gasteiger partial charge is 0.319 e. The Labute approximate surface area is 428 Å². The number of likely N-dealkylation sites (tertiary alicyclic amines) is 2. The van der Waals surface area contributed by atoms with Gasteiger partial charge in [0.1, 0.15) is 57.4 Å². The van der Waals surface area contributed by atoms with Crippen LogP contribution in [0.15, 0.2) is 69.5 Å². The molecule has 2 aromatic carbocycles. The molecule has 8 rings (SSSR count). The zero-order chi connectivity index (χ0) is 53.8. The van der Waals surface area contributed by atoms with E-state index in [1.165, 1.54) is 48.0 Å². The number of aliphatic hydroxyl groups excluding tert-OH is 2. The molecule has 0 spiro atoms. The topological polar surface area (TPSA) is 280 Å². The number of piperidine rings is 2. The largest absolute Gasteiger partial charge is 0.494 e. The van der Waals surface area contributed by atoms with Crippen LogP contribution < -0.4 is 18.9 Å². The summed E-state index contributed by atoms with van der Waals surface area (Å²) >= 11 is 0. The van der Waals surface area contributed by atoms with E-state index >= 15 is 0 Å². The van der Waals surface area contributed by atoms with Crippen molar-refractivity contribution in [2.45, 2.75) is 60.9 Å². The summed E-state index contributed by atoms with van der Waals surface area (Å²) in [6.07, 6.45) is -1.91. The summed E-state index contributed by atoms with van der Waals surface area (Å²) in [5, 5.41) is 35.7. The minimum atomic E-state index is -3.90. The molecule has 2 aliphatic rings. The molecule has 0 bridgehead atoms. The predicted octanol–water partition coefficient (Wildman–Crippen LogP) is 3.77. The maximum absolute atomic E-state index is 13.7. The van der Waals surface area contributed by atoms with Crippen LogP contribution in [0.25, 0.3) is 34.5 Å². The molecule has 0 aliphatic carbocycles. The number of β-amino-alcohol motifs (C(OH)–C–C–N with tert-alkyl or cyclic N) is 2. The van der Waals surface area contributed by atoms with Crippen LogP contribution >= 0.6 is 0 Å². The van der Waals surface area contributed by atoms with E-state index in [-0.39, 0.29) is 74.4 Å². The third kappa shape index (κ3) is 11.6. The number of aromatic nitrogens is 6. The maximum atomic E-state index is 13.7. The number of para-hydroxylation sites is 2. The molecular formula is C48H62N10O14S2. The second-order valence-corrected chi connectivity index (χ2v) is 22.8. The van der Waals surface area contributed by atoms with E-state index in [4.69, 9.17) is 27.8 Å². The zero-order valence-corrected chi connectivity index (χ0v) is 44.5. The van der Waals surface area contributed by atoms with Crippen molar-refractivity contribution in [1.82, 2.24) is 49.1 Å². The molecule has 400 valence electrons. The Kier molecular flexibility index (Phi) is 16.6. The molecule has 2 aliphatic heterocycles. The van der Waals surface area contributed by atoms with Crippen molar-refractivity contribution in [2.24, 2.45) is 0 Å². The Morgan fingerprint density at radius 3 is 1.19 bits per heavy atom. The van der Waals surface area contributed by atoms with Gasteiger partial charge in [-0.15, -0.1) is 20.4 Å². The van der Waals surface area contributed by atoms with Gasteiger partial charge in [-0.1, -0.05) is 12.1 Å². The summed E-state index contributed by atoms with van der Waals surface area (Å²) in [4.78, 5) is 30.4. The predicted molar refractivity (Wildman–Crippen MR) is 269 cm³/mol. The number of nitrogens with zero attached hydrogens (tertiary/aromatic N) is 10. The number of amides is 4. The SMILES string of the molecule is COc1cccc(OC)c1-n1c(CS(=O)(=O)[C@@H]2C[C@H](O)CN(C(=O)N(C)C)C2)nnc1-c1ccc(C)o1.COc1cccc(OC)c1-n1c(CS(=O)(=O)[C@H]2C[C@@H](O)CN(C(=O)N(C)C)C2)nnc1-c1ccc(C)o1. The van der Waals surface area contributed by atoms with Crippen LogP contribution in [0.5, 0.6) is 23.0 Å². The quantitative estimate of drug-likeness (QED) is 0.157. The second-order valence-electron chi connectivity index (χ2n) is 18.2. The van der Waals surface area contributed by atoms with Gasteiger partial charge in [0.25, 0.3) is 0 Å². The molecule has 2 fully saturated rings. The van der Waals surface area contributed by atoms with E-state index in [0.717, 1.165) is 0 Å². The second kappa shape index (κ2) is 22.5. The Balaban J connectivity index is 0.000000216. The van der Waals surface area contributed by atoms with E-state index in [0.29, 0.717) is 57.4 Å². The number of methoxy groups -OCH3 is 4. The minimum absolute atomic E-state index is 0.00982. The molecule has 74 heavy (non-hydrogen) atoms. The van der Waals surface area contributed by atoms with E-state index in [1.54, 1.807) is 112 Å². The normalized spacial score (nSPS) is 18.1. The van der Waals surface area contributed by atoms with Gasteiger partial charge in [0.05, 0.1) is 51.1 Å². The first-order valence-electron chi connectivity index (χ1n) is 23.3. The standard InChI is InChI=1S/2C24H31N5O7S/c2*1-15-9-10-20(36-15)23-26-25-21(29(23)22-18(34-4)7-6-8-19(22)35-5)14-37(32,33)17-11-16(30)12-28(13-17)24(31)27(2)3/h2*6-10,16-17,30H,11-14H2,1-5H3/t2*16-,17+/m10/s1. The Morgan fingerprint density at radius 2 is 0.905 bits per heavy atom. The van der Waals surface area contributed by atoms with Gasteiger partial charge in [0.2, 0.25) is 11.6 Å². The van der Waals surface area contributed by atoms with E-state index in [9.17, 15) is 36.6 Å². The van der Waals surface area contributed by atoms with Crippen molar-refractivity contribution >= 4 is 31.7 Å². The van der Waals surface area contributed by atoms with E-state index in [2.05, 4.69) is 20.4 Å². The highest BCUT2D eigenvalue weighted by Crippen LogP contribution is 2.39. The van der Waals surface area contributed by atoms with Crippen molar-refractivity contribution in [1.29, 1.82) is 0 Å². The Morgan fingerprint density at radius 1 is 0.568 bits per heavy atom. The molecular weight excluding hydrogens is 1000 g/mol. The first-order valence-corrected chi connectivity index (χ1v) is 26.7. The van der Waals surface area contributed by atoms with Gasteiger partial charge in [0.15, 0.2) is 42.8 Å². The highest BCUT2D eigenvalue weighted by atomic mass is 32.2. The molecule has 24 nitrogen and oxygen atoms in total. The fourth-order valence-electron chi connectivity index (χ4n) is 8.87. The number of sulfone groups is 2. The lowest BCUT2D eigenvalue weighted by Crippen LogP contribution is -2.53. The number of carbonyl (C=O) groups is 2. The number of hydrogen-bond acceptors (Lipinski definition) is 18. The van der Waals surface area contributed by atoms with Crippen LogP contribution in [-0.2, 0) is 31.2 Å². The third-order valence-electron chi connectivity index (χ3n) is 12.4. The molecule has 6 heterocycles. The number of aliphatic hydroxyl groups is 2. The lowest BCUT2D eigenvalue weighted by Gasteiger charge is -2.36. The molecule has 0 radical (unpaired) electrons. The number of rotatable bonds is 14. The first kappa shape index (κ1) is 54.6. The van der Waals surface area contributed by atoms with Crippen LogP contribution in [0.1, 0.15) is 36.0 Å². The first-order chi connectivity index (χ1) is 35.1. The Bertz CT molecular complexity index is 2930. The fraction of sp³-hybridized carbons (Fsp3) is 0.458. The summed E-state index contributed by atoms with van der Waals surface area (Å²) in [7, 11) is 4.49. The van der Waals surface area contributed by atoms with Gasteiger partial charge in [-0.3, -0.25) is 9.13 Å². The van der Waals surface area contributed by atoms with Gasteiger partial charge < -0.3 is 57.6 Å². The van der Waals surface area contributed by atoms with Crippen molar-refractivity contribution < 1.29 is 64.4 Å². The number of aryl methyl sites for hydroxylation is 2. The molecule has 0 saturated carbocycles. The Hall–Kier alpha value is -7.16. The summed E-state index contributed by atoms with van der Waals surface area (Å²) in [6, 6.07) is 16.6. The summed E-state index contributed by atoms with van der Waals surface area (Å²) in [5.74, 6) is 3.49. The van der Waals surface area contributed by atoms with Crippen molar-refractivity contribution in [3.05, 3.63) is 83.8 Å². The molecule has 4 aromatic heterocycles. The average Bonchev–Trinajstić information content (AvgIpc) is 4.19. The summed E-state index contributed by atoms with van der Waals surface area (Å²) in [5.41, 5.74) is 0.833. The molecule has 4 atom stereocenters. The number of ether oxygens (including phenoxy) is 4. The number of carbonyl (C=O) groups excluding carboxylic acids is 2. The van der Waals surface area contributed by atoms with Crippen molar-refractivity contribution in [3.8, 4) is 57.5 Å². The van der Waals surface area contributed by atoms with E-state index in [1.807, 2.05) is 0 Å². The molecule has 26 heteroatoms. The average molecular weight is 1070 g/mol. The van der Waals surface area contributed by atoms with E-state index < -0.39 is 53.9 Å². The molecule has 2 N–H and O–H groups in total. The van der Waals surface area contributed by atoms with Gasteiger partial charge in [-0.05, 0) is 75.2 Å². The fourth-order valence-corrected chi connectivity index (χ4v) is 12.3. The zero-order valence-electron chi connectivity index (χ0n) is 42.8. The summed E-state index contributed by atoms with van der Waals surface area (Å²) < 4.78 is 91.5. The number of hydrogen-bond donors (Lipinski definition) is 2. The number of furan rings is 2. The molecule has 4 amide bonds. The highest BCUT2D eigenvalue weighted by Gasteiger charge is 2.40. The third-order valence-corrected chi connectivity index (χ3v) is 16.4. The number of benzene rings is 2. The van der Waals surface area contributed by atoms with Gasteiger partial charge in [-0.25, -0.2) is 26.4 Å². The van der Waals surface area contributed by atoms with Crippen molar-refractivity contribution in [2.75, 3.05) is 82.8 Å². The lowest BCUT2D eigenvalue weighted by molar-refractivity contribution is 0.0776. The van der Waals surface area contributed by atoms with Crippen LogP contribution in [0.4, 0.5) is 9.59 Å². The monoisotopic (exact) mass is 1070 g/mol. The van der Waals surface area contributed by atoms with Crippen LogP contribution in [0.2, 0.25) is 0 Å². The lowest BCUT2D eigenvalue weighted by atomic mass is 10.1.